The predicted molar refractivity (Wildman–Crippen MR) is 50.9 cm³/mol. The lowest BCUT2D eigenvalue weighted by atomic mass is 9.89. The van der Waals surface area contributed by atoms with Crippen molar-refractivity contribution in [2.24, 2.45) is 5.92 Å². The number of hydrogen-bond acceptors (Lipinski definition) is 0. The Balaban J connectivity index is 2.61. The van der Waals surface area contributed by atoms with Gasteiger partial charge in [-0.1, -0.05) is 35.4 Å². The smallest absolute Gasteiger partial charge is 0.0885 e. The van der Waals surface area contributed by atoms with E-state index < -0.39 is 0 Å². The van der Waals surface area contributed by atoms with Crippen molar-refractivity contribution in [3.63, 3.8) is 0 Å². The Kier molecular flexibility index (Phi) is 3.47. The molecular weight excluding hydrogens is 179 g/mol. The maximum absolute atomic E-state index is 5.68. The third kappa shape index (κ3) is 2.53. The highest BCUT2D eigenvalue weighted by Gasteiger charge is 2.13. The van der Waals surface area contributed by atoms with Crippen LogP contribution in [0.3, 0.4) is 0 Å². The maximum Gasteiger partial charge on any atom is 0.106 e. The minimum atomic E-state index is 0.449. The Hall–Kier alpha value is 0.0600. The summed E-state index contributed by atoms with van der Waals surface area (Å²) in [5, 5.41) is 0. The first-order valence-electron chi connectivity index (χ1n) is 3.88. The van der Waals surface area contributed by atoms with E-state index in [0.29, 0.717) is 10.4 Å². The van der Waals surface area contributed by atoms with Crippen LogP contribution in [-0.4, -0.2) is 0 Å². The lowest BCUT2D eigenvalue weighted by Crippen LogP contribution is -2.03. The molecule has 11 heavy (non-hydrogen) atoms. The van der Waals surface area contributed by atoms with Crippen LogP contribution in [0.4, 0.5) is 0 Å². The van der Waals surface area contributed by atoms with Gasteiger partial charge in [-0.25, -0.2) is 0 Å². The molecule has 0 saturated carbocycles. The molecule has 1 rings (SSSR count). The van der Waals surface area contributed by atoms with E-state index in [1.54, 1.807) is 0 Å². The lowest BCUT2D eigenvalue weighted by Gasteiger charge is -2.18. The fourth-order valence-corrected chi connectivity index (χ4v) is 1.65. The van der Waals surface area contributed by atoms with Crippen molar-refractivity contribution >= 4 is 23.2 Å². The van der Waals surface area contributed by atoms with Gasteiger partial charge in [0, 0.05) is 0 Å². The molecule has 1 aliphatic carbocycles. The van der Waals surface area contributed by atoms with E-state index in [1.807, 2.05) is 6.92 Å². The van der Waals surface area contributed by atoms with Crippen molar-refractivity contribution in [1.29, 1.82) is 0 Å². The van der Waals surface area contributed by atoms with E-state index in [0.717, 1.165) is 18.4 Å². The molecule has 0 fully saturated rings. The summed E-state index contributed by atoms with van der Waals surface area (Å²) >= 11 is 11.4. The summed E-state index contributed by atoms with van der Waals surface area (Å²) in [5.41, 5.74) is 1.14. The molecule has 0 heterocycles. The van der Waals surface area contributed by atoms with E-state index >= 15 is 0 Å². The summed E-state index contributed by atoms with van der Waals surface area (Å²) in [6, 6.07) is 0. The van der Waals surface area contributed by atoms with E-state index in [2.05, 4.69) is 12.2 Å². The third-order valence-electron chi connectivity index (χ3n) is 2.18. The summed E-state index contributed by atoms with van der Waals surface area (Å²) in [6.07, 6.45) is 7.85. The number of allylic oxidation sites excluding steroid dienone is 3. The van der Waals surface area contributed by atoms with Crippen LogP contribution in [0.1, 0.15) is 26.2 Å². The number of halogens is 2. The average molecular weight is 191 g/mol. The zero-order chi connectivity index (χ0) is 8.27. The number of rotatable bonds is 1. The summed E-state index contributed by atoms with van der Waals surface area (Å²) in [6.45, 7) is 2.01. The minimum Gasteiger partial charge on any atom is -0.0885 e. The molecule has 2 heteroatoms. The molecule has 0 aromatic rings. The first-order valence-corrected chi connectivity index (χ1v) is 4.64. The van der Waals surface area contributed by atoms with Gasteiger partial charge in [0.15, 0.2) is 0 Å². The molecule has 0 radical (unpaired) electrons. The topological polar surface area (TPSA) is 0 Å². The quantitative estimate of drug-likeness (QED) is 0.548. The Bertz CT molecular complexity index is 188. The Morgan fingerprint density at radius 3 is 2.55 bits per heavy atom. The van der Waals surface area contributed by atoms with Gasteiger partial charge in [-0.05, 0) is 37.7 Å². The monoisotopic (exact) mass is 190 g/mol. The largest absolute Gasteiger partial charge is 0.106 e. The van der Waals surface area contributed by atoms with Crippen LogP contribution in [0.25, 0.3) is 0 Å². The molecule has 0 aliphatic heterocycles. The first-order chi connectivity index (χ1) is 5.22. The second-order valence-corrected chi connectivity index (χ2v) is 3.87. The zero-order valence-corrected chi connectivity index (χ0v) is 8.12. The van der Waals surface area contributed by atoms with E-state index in [-0.39, 0.29) is 0 Å². The molecule has 0 aromatic carbocycles. The van der Waals surface area contributed by atoms with Crippen molar-refractivity contribution in [3.8, 4) is 0 Å². The van der Waals surface area contributed by atoms with Crippen molar-refractivity contribution in [2.75, 3.05) is 0 Å². The van der Waals surface area contributed by atoms with Gasteiger partial charge in [0.05, 0.1) is 0 Å². The molecule has 1 unspecified atom stereocenters. The van der Waals surface area contributed by atoms with Gasteiger partial charge in [-0.2, -0.15) is 0 Å². The van der Waals surface area contributed by atoms with Crippen molar-refractivity contribution in [2.45, 2.75) is 26.2 Å². The van der Waals surface area contributed by atoms with Gasteiger partial charge < -0.3 is 0 Å². The molecule has 0 nitrogen and oxygen atoms in total. The van der Waals surface area contributed by atoms with E-state index in [4.69, 9.17) is 23.2 Å². The van der Waals surface area contributed by atoms with Gasteiger partial charge in [0.25, 0.3) is 0 Å². The highest BCUT2D eigenvalue weighted by atomic mass is 35.5. The fraction of sp³-hybridized carbons (Fsp3) is 0.556. The minimum absolute atomic E-state index is 0.449. The summed E-state index contributed by atoms with van der Waals surface area (Å²) in [5.74, 6) is 0.574. The van der Waals surface area contributed by atoms with Gasteiger partial charge >= 0.3 is 0 Å². The summed E-state index contributed by atoms with van der Waals surface area (Å²) in [4.78, 5) is 0. The number of hydrogen-bond donors (Lipinski definition) is 0. The van der Waals surface area contributed by atoms with Crippen LogP contribution in [0.5, 0.6) is 0 Å². The third-order valence-corrected chi connectivity index (χ3v) is 2.78. The van der Waals surface area contributed by atoms with E-state index in [9.17, 15) is 0 Å². The maximum atomic E-state index is 5.68. The first kappa shape index (κ1) is 9.15. The molecular formula is C9H12Cl2. The zero-order valence-electron chi connectivity index (χ0n) is 6.61. The molecule has 0 amide bonds. The van der Waals surface area contributed by atoms with Gasteiger partial charge in [-0.15, -0.1) is 0 Å². The van der Waals surface area contributed by atoms with Crippen LogP contribution in [0.2, 0.25) is 0 Å². The molecule has 0 saturated heterocycles. The van der Waals surface area contributed by atoms with Gasteiger partial charge in [0.2, 0.25) is 0 Å². The van der Waals surface area contributed by atoms with Crippen LogP contribution in [0, 0.1) is 5.92 Å². The fourth-order valence-electron chi connectivity index (χ4n) is 1.34. The normalized spacial score (nSPS) is 23.4. The van der Waals surface area contributed by atoms with E-state index in [1.165, 1.54) is 6.42 Å². The SMILES string of the molecule is CC(=C(Cl)Cl)C1CC=CCC1. The molecule has 0 spiro atoms. The standard InChI is InChI=1S/C9H12Cl2/c1-7(9(10)11)8-5-3-2-4-6-8/h2-3,8H,4-6H2,1H3. The lowest BCUT2D eigenvalue weighted by molar-refractivity contribution is 0.553. The molecule has 1 aliphatic rings. The predicted octanol–water partition coefficient (Wildman–Crippen LogP) is 4.05. The van der Waals surface area contributed by atoms with Crippen molar-refractivity contribution < 1.29 is 0 Å². The highest BCUT2D eigenvalue weighted by Crippen LogP contribution is 2.29. The molecule has 0 aromatic heterocycles. The second-order valence-electron chi connectivity index (χ2n) is 2.92. The Labute approximate surface area is 77.9 Å². The Morgan fingerprint density at radius 1 is 1.36 bits per heavy atom. The molecule has 62 valence electrons. The van der Waals surface area contributed by atoms with Crippen LogP contribution in [-0.2, 0) is 0 Å². The van der Waals surface area contributed by atoms with Gasteiger partial charge in [0.1, 0.15) is 4.49 Å². The van der Waals surface area contributed by atoms with Crippen molar-refractivity contribution in [3.05, 3.63) is 22.2 Å². The van der Waals surface area contributed by atoms with Crippen LogP contribution in [0.15, 0.2) is 22.2 Å². The van der Waals surface area contributed by atoms with Crippen LogP contribution < -0.4 is 0 Å². The molecule has 0 bridgehead atoms. The average Bonchev–Trinajstić information content (AvgIpc) is 2.05. The molecule has 1 atom stereocenters. The highest BCUT2D eigenvalue weighted by molar-refractivity contribution is 6.56. The molecule has 0 N–H and O–H groups in total. The van der Waals surface area contributed by atoms with Crippen LogP contribution >= 0.6 is 23.2 Å². The summed E-state index contributed by atoms with van der Waals surface area (Å²) < 4.78 is 0.449. The Morgan fingerprint density at radius 2 is 2.09 bits per heavy atom. The van der Waals surface area contributed by atoms with Crippen molar-refractivity contribution in [1.82, 2.24) is 0 Å². The van der Waals surface area contributed by atoms with Gasteiger partial charge in [-0.3, -0.25) is 0 Å². The summed E-state index contributed by atoms with van der Waals surface area (Å²) in [7, 11) is 0. The second kappa shape index (κ2) is 4.18.